The summed E-state index contributed by atoms with van der Waals surface area (Å²) in [6.45, 7) is 2.47. The summed E-state index contributed by atoms with van der Waals surface area (Å²) in [6, 6.07) is 6.39. The smallest absolute Gasteiger partial charge is 0.407 e. The first-order chi connectivity index (χ1) is 14.0. The van der Waals surface area contributed by atoms with E-state index in [1.54, 1.807) is 37.4 Å². The molecule has 3 aromatic rings. The number of carbonyl (C=O) groups excluding carboxylic acids is 2. The van der Waals surface area contributed by atoms with Gasteiger partial charge >= 0.3 is 12.1 Å². The molecular weight excluding hydrogens is 377 g/mol. The zero-order valence-electron chi connectivity index (χ0n) is 16.0. The van der Waals surface area contributed by atoms with Gasteiger partial charge in [-0.25, -0.2) is 19.0 Å². The predicted molar refractivity (Wildman–Crippen MR) is 107 cm³/mol. The number of urea groups is 1. The number of hydrogen-bond donors (Lipinski definition) is 3. The van der Waals surface area contributed by atoms with Crippen LogP contribution in [0.2, 0.25) is 0 Å². The standard InChI is InChI=1S/C20H20FN5O3/c1-3-23-19(27)26-18-8-15-13(14-6-7-22-11-17(14)21)5-4-12(16(15)10-24-18)9-25-20(28)29-2/h4-8,10-11H,3,9H2,1-2H3,(H,25,28)(H2,23,24,26,27). The SMILES string of the molecule is CCNC(=O)Nc1cc2c(-c3ccncc3F)ccc(CNC(=O)OC)c2cn1. The molecule has 0 aliphatic rings. The van der Waals surface area contributed by atoms with E-state index >= 15 is 0 Å². The number of hydrogen-bond acceptors (Lipinski definition) is 5. The molecule has 0 bridgehead atoms. The van der Waals surface area contributed by atoms with Crippen LogP contribution in [-0.4, -0.2) is 35.7 Å². The Balaban J connectivity index is 2.10. The Hall–Kier alpha value is -3.75. The van der Waals surface area contributed by atoms with Gasteiger partial charge in [-0.3, -0.25) is 10.3 Å². The molecule has 2 aromatic heterocycles. The first-order valence-corrected chi connectivity index (χ1v) is 8.91. The molecule has 0 fully saturated rings. The van der Waals surface area contributed by atoms with Crippen molar-refractivity contribution in [3.05, 3.63) is 54.2 Å². The summed E-state index contributed by atoms with van der Waals surface area (Å²) in [4.78, 5) is 31.3. The van der Waals surface area contributed by atoms with Crippen LogP contribution in [0.15, 0.2) is 42.9 Å². The van der Waals surface area contributed by atoms with Crippen LogP contribution in [-0.2, 0) is 11.3 Å². The second kappa shape index (κ2) is 8.96. The summed E-state index contributed by atoms with van der Waals surface area (Å²) in [7, 11) is 1.28. The topological polar surface area (TPSA) is 105 Å². The number of halogens is 1. The maximum atomic E-state index is 14.4. The number of pyridine rings is 2. The number of alkyl carbamates (subject to hydrolysis) is 1. The van der Waals surface area contributed by atoms with Crippen molar-refractivity contribution in [2.45, 2.75) is 13.5 Å². The summed E-state index contributed by atoms with van der Waals surface area (Å²) in [5.41, 5.74) is 1.75. The van der Waals surface area contributed by atoms with E-state index in [1.807, 2.05) is 0 Å². The normalized spacial score (nSPS) is 10.4. The molecule has 0 aliphatic heterocycles. The number of ether oxygens (including phenoxy) is 1. The molecule has 0 radical (unpaired) electrons. The van der Waals surface area contributed by atoms with Crippen molar-refractivity contribution < 1.29 is 18.7 Å². The molecule has 3 amide bonds. The largest absolute Gasteiger partial charge is 0.453 e. The number of fused-ring (bicyclic) bond motifs is 1. The van der Waals surface area contributed by atoms with Gasteiger partial charge in [0.25, 0.3) is 0 Å². The number of nitrogens with one attached hydrogen (secondary N) is 3. The Labute approximate surface area is 166 Å². The molecule has 3 N–H and O–H groups in total. The minimum atomic E-state index is -0.565. The van der Waals surface area contributed by atoms with Crippen LogP contribution in [0.1, 0.15) is 12.5 Å². The van der Waals surface area contributed by atoms with Gasteiger partial charge in [-0.05, 0) is 35.6 Å². The average Bonchev–Trinajstić information content (AvgIpc) is 2.72. The third-order valence-corrected chi connectivity index (χ3v) is 4.24. The minimum Gasteiger partial charge on any atom is -0.453 e. The highest BCUT2D eigenvalue weighted by atomic mass is 19.1. The lowest BCUT2D eigenvalue weighted by Gasteiger charge is -2.14. The van der Waals surface area contributed by atoms with E-state index in [4.69, 9.17) is 0 Å². The lowest BCUT2D eigenvalue weighted by molar-refractivity contribution is 0.170. The fourth-order valence-corrected chi connectivity index (χ4v) is 2.91. The van der Waals surface area contributed by atoms with Gasteiger partial charge in [0.15, 0.2) is 0 Å². The molecule has 0 spiro atoms. The van der Waals surface area contributed by atoms with Gasteiger partial charge < -0.3 is 15.4 Å². The first kappa shape index (κ1) is 20.0. The first-order valence-electron chi connectivity index (χ1n) is 8.91. The summed E-state index contributed by atoms with van der Waals surface area (Å²) in [5.74, 6) is -0.151. The number of benzene rings is 1. The van der Waals surface area contributed by atoms with Crippen molar-refractivity contribution in [1.82, 2.24) is 20.6 Å². The van der Waals surface area contributed by atoms with Crippen molar-refractivity contribution in [2.24, 2.45) is 0 Å². The van der Waals surface area contributed by atoms with E-state index < -0.39 is 11.9 Å². The average molecular weight is 397 g/mol. The maximum absolute atomic E-state index is 14.4. The van der Waals surface area contributed by atoms with Crippen LogP contribution >= 0.6 is 0 Å². The Morgan fingerprint density at radius 2 is 1.93 bits per heavy atom. The van der Waals surface area contributed by atoms with Gasteiger partial charge in [0.1, 0.15) is 11.6 Å². The zero-order valence-corrected chi connectivity index (χ0v) is 16.0. The van der Waals surface area contributed by atoms with Gasteiger partial charge in [0.2, 0.25) is 0 Å². The van der Waals surface area contributed by atoms with Gasteiger partial charge in [0, 0.05) is 36.4 Å². The molecule has 9 heteroatoms. The van der Waals surface area contributed by atoms with E-state index in [1.165, 1.54) is 13.3 Å². The second-order valence-electron chi connectivity index (χ2n) is 6.07. The molecule has 29 heavy (non-hydrogen) atoms. The Kier molecular flexibility index (Phi) is 6.18. The van der Waals surface area contributed by atoms with Gasteiger partial charge in [0.05, 0.1) is 13.3 Å². The van der Waals surface area contributed by atoms with Crippen molar-refractivity contribution in [2.75, 3.05) is 19.0 Å². The van der Waals surface area contributed by atoms with E-state index in [-0.39, 0.29) is 12.6 Å². The van der Waals surface area contributed by atoms with Crippen molar-refractivity contribution in [1.29, 1.82) is 0 Å². The number of rotatable bonds is 5. The number of methoxy groups -OCH3 is 1. The predicted octanol–water partition coefficient (Wildman–Crippen LogP) is 3.43. The third-order valence-electron chi connectivity index (χ3n) is 4.24. The molecule has 0 aliphatic carbocycles. The summed E-state index contributed by atoms with van der Waals surface area (Å²) in [5, 5.41) is 9.27. The lowest BCUT2D eigenvalue weighted by Crippen LogP contribution is -2.28. The molecule has 8 nitrogen and oxygen atoms in total. The minimum absolute atomic E-state index is 0.201. The van der Waals surface area contributed by atoms with Gasteiger partial charge in [-0.1, -0.05) is 12.1 Å². The number of carbonyl (C=O) groups is 2. The molecule has 0 saturated heterocycles. The number of nitrogens with zero attached hydrogens (tertiary/aromatic N) is 2. The van der Waals surface area contributed by atoms with Crippen LogP contribution in [0.4, 0.5) is 19.8 Å². The third kappa shape index (κ3) is 4.57. The Morgan fingerprint density at radius 1 is 1.10 bits per heavy atom. The quantitative estimate of drug-likeness (QED) is 0.612. The molecule has 1 aromatic carbocycles. The number of aromatic nitrogens is 2. The molecule has 3 rings (SSSR count). The lowest BCUT2D eigenvalue weighted by atomic mass is 9.96. The summed E-state index contributed by atoms with van der Waals surface area (Å²) < 4.78 is 19.0. The summed E-state index contributed by atoms with van der Waals surface area (Å²) in [6.07, 6.45) is 3.66. The zero-order chi connectivity index (χ0) is 20.8. The molecule has 0 saturated carbocycles. The van der Waals surface area contributed by atoms with Crippen LogP contribution in [0.3, 0.4) is 0 Å². The van der Waals surface area contributed by atoms with Crippen molar-refractivity contribution >= 4 is 28.7 Å². The maximum Gasteiger partial charge on any atom is 0.407 e. The van der Waals surface area contributed by atoms with E-state index in [0.29, 0.717) is 34.3 Å². The second-order valence-corrected chi connectivity index (χ2v) is 6.07. The van der Waals surface area contributed by atoms with Crippen LogP contribution in [0.5, 0.6) is 0 Å². The van der Waals surface area contributed by atoms with Gasteiger partial charge in [-0.15, -0.1) is 0 Å². The monoisotopic (exact) mass is 397 g/mol. The van der Waals surface area contributed by atoms with Crippen LogP contribution in [0, 0.1) is 5.82 Å². The Morgan fingerprint density at radius 3 is 2.66 bits per heavy atom. The van der Waals surface area contributed by atoms with E-state index in [2.05, 4.69) is 30.7 Å². The molecule has 150 valence electrons. The highest BCUT2D eigenvalue weighted by Gasteiger charge is 2.14. The fourth-order valence-electron chi connectivity index (χ4n) is 2.91. The molecule has 0 unspecified atom stereocenters. The molecular formula is C20H20FN5O3. The van der Waals surface area contributed by atoms with Crippen LogP contribution in [0.25, 0.3) is 21.9 Å². The molecule has 0 atom stereocenters. The fraction of sp³-hybridized carbons (Fsp3) is 0.200. The Bertz CT molecular complexity index is 1060. The number of amides is 3. The van der Waals surface area contributed by atoms with Gasteiger partial charge in [-0.2, -0.15) is 0 Å². The summed E-state index contributed by atoms with van der Waals surface area (Å²) >= 11 is 0. The van der Waals surface area contributed by atoms with E-state index in [9.17, 15) is 14.0 Å². The van der Waals surface area contributed by atoms with Crippen molar-refractivity contribution in [3.63, 3.8) is 0 Å². The highest BCUT2D eigenvalue weighted by Crippen LogP contribution is 2.33. The molecule has 2 heterocycles. The van der Waals surface area contributed by atoms with Crippen molar-refractivity contribution in [3.8, 4) is 11.1 Å². The van der Waals surface area contributed by atoms with Crippen LogP contribution < -0.4 is 16.0 Å². The number of anilines is 1. The van der Waals surface area contributed by atoms with E-state index in [0.717, 1.165) is 11.8 Å². The highest BCUT2D eigenvalue weighted by molar-refractivity contribution is 6.01.